The maximum Gasteiger partial charge on any atom is 1.00 e. The van der Waals surface area contributed by atoms with Gasteiger partial charge in [0.1, 0.15) is 0 Å². The standard InChI is InChI=1S/CH2O3.CH4.6Na.4H2O.H/c2-1-4-3;;;;;;;;;;;;/h1,3H;1H4;;;;;;;4*1H2;/q;;6*+1;;;;;-1/p-5. The van der Waals surface area contributed by atoms with Gasteiger partial charge in [0, 0.05) is 0 Å². The van der Waals surface area contributed by atoms with E-state index in [1.807, 2.05) is 0 Å². The van der Waals surface area contributed by atoms with Gasteiger partial charge in [0.25, 0.3) is 6.47 Å². The van der Waals surface area contributed by atoms with Gasteiger partial charge in [-0.25, -0.2) is 0 Å². The van der Waals surface area contributed by atoms with E-state index in [0.717, 1.165) is 0 Å². The molecule has 0 aromatic carbocycles. The summed E-state index contributed by atoms with van der Waals surface area (Å²) in [6.07, 6.45) is 0. The Kier molecular flexibility index (Phi) is 893. The zero-order chi connectivity index (χ0) is 3.41. The molecule has 0 atom stereocenters. The van der Waals surface area contributed by atoms with Gasteiger partial charge >= 0.3 is 177 Å². The first kappa shape index (κ1) is 110. The Hall–Kier alpha value is 5.27. The molecule has 0 aromatic heterocycles. The van der Waals surface area contributed by atoms with Gasteiger partial charge in [0.2, 0.25) is 0 Å². The van der Waals surface area contributed by atoms with E-state index in [1.54, 1.807) is 0 Å². The molecule has 0 amide bonds. The first-order valence-electron chi connectivity index (χ1n) is 0.638. The Labute approximate surface area is 224 Å². The van der Waals surface area contributed by atoms with E-state index in [-0.39, 0.29) is 215 Å². The van der Waals surface area contributed by atoms with Crippen LogP contribution in [0.3, 0.4) is 0 Å². The molecule has 0 aliphatic rings. The molecule has 0 aromatic rings. The van der Waals surface area contributed by atoms with Crippen molar-refractivity contribution in [3.63, 3.8) is 0 Å². The molecule has 0 aliphatic carbocycles. The van der Waals surface area contributed by atoms with Crippen molar-refractivity contribution >= 4 is 6.47 Å². The van der Waals surface area contributed by atoms with Crippen molar-refractivity contribution in [3.05, 3.63) is 0 Å². The van der Waals surface area contributed by atoms with Crippen LogP contribution in [0.5, 0.6) is 0 Å². The second-order valence-electron chi connectivity index (χ2n) is 0.192. The average molecular weight is 284 g/mol. The summed E-state index contributed by atoms with van der Waals surface area (Å²) in [6.45, 7) is -0.181. The van der Waals surface area contributed by atoms with Crippen LogP contribution in [0.15, 0.2) is 0 Å². The van der Waals surface area contributed by atoms with Crippen molar-refractivity contribution in [1.82, 2.24) is 0 Å². The first-order valence-corrected chi connectivity index (χ1v) is 0.638. The van der Waals surface area contributed by atoms with Crippen LogP contribution in [0.2, 0.25) is 0 Å². The van der Waals surface area contributed by atoms with Gasteiger partial charge in [-0.05, 0) is 0 Å². The number of carbonyl (C=O) groups is 1. The van der Waals surface area contributed by atoms with E-state index in [1.165, 1.54) is 0 Å². The summed E-state index contributed by atoms with van der Waals surface area (Å²) < 4.78 is 0. The fourth-order valence-corrected chi connectivity index (χ4v) is 0. The van der Waals surface area contributed by atoms with Gasteiger partial charge < -0.3 is 33.5 Å². The van der Waals surface area contributed by atoms with Gasteiger partial charge in [0.05, 0.1) is 0 Å². The van der Waals surface area contributed by atoms with E-state index < -0.39 is 0 Å². The molecular weight excluding hydrogens is 274 g/mol. The van der Waals surface area contributed by atoms with E-state index >= 15 is 0 Å². The zero-order valence-corrected chi connectivity index (χ0v) is 21.6. The molecule has 66 valence electrons. The van der Waals surface area contributed by atoms with Crippen molar-refractivity contribution < 1.29 is 216 Å². The topological polar surface area (TPSA) is 169 Å². The molecule has 13 heteroatoms. The Bertz CT molecular complexity index is 40.8. The minimum absolute atomic E-state index is 0. The zero-order valence-electron chi connectivity index (χ0n) is 10.6. The Morgan fingerprint density at radius 1 is 0.800 bits per heavy atom. The first-order chi connectivity index (χ1) is 1.91. The summed E-state index contributed by atoms with van der Waals surface area (Å²) in [5.74, 6) is 0. The second-order valence-corrected chi connectivity index (χ2v) is 0.192. The molecule has 0 saturated carbocycles. The summed E-state index contributed by atoms with van der Waals surface area (Å²) in [6, 6.07) is 0. The smallest absolute Gasteiger partial charge is 1.00 e. The fourth-order valence-electron chi connectivity index (χ4n) is 0. The second kappa shape index (κ2) is 122. The van der Waals surface area contributed by atoms with Gasteiger partial charge in [-0.1, -0.05) is 7.43 Å². The van der Waals surface area contributed by atoms with Crippen LogP contribution in [0.4, 0.5) is 0 Å². The predicted octanol–water partition coefficient (Wildman–Crippen LogP) is -19.5. The third-order valence-electron chi connectivity index (χ3n) is 0.0393. The maximum atomic E-state index is 8.64. The normalized spacial score (nSPS) is 1.40. The largest absolute Gasteiger partial charge is 1.00 e. The molecule has 4 N–H and O–H groups in total. The average Bonchev–Trinajstić information content (AvgIpc) is 1.37. The summed E-state index contributed by atoms with van der Waals surface area (Å²) in [4.78, 5) is 11.2. The molecule has 0 saturated heterocycles. The van der Waals surface area contributed by atoms with E-state index in [9.17, 15) is 0 Å². The van der Waals surface area contributed by atoms with E-state index in [4.69, 9.17) is 10.1 Å². The van der Waals surface area contributed by atoms with Gasteiger partial charge in [-0.15, -0.1) is 0 Å². The van der Waals surface area contributed by atoms with E-state index in [0.29, 0.717) is 0 Å². The minimum Gasteiger partial charge on any atom is -1.00 e. The summed E-state index contributed by atoms with van der Waals surface area (Å²) in [7, 11) is 0. The molecule has 0 radical (unpaired) electrons. The van der Waals surface area contributed by atoms with Gasteiger partial charge in [-0.2, -0.15) is 0 Å². The summed E-state index contributed by atoms with van der Waals surface area (Å²) in [5, 5.41) is 8.43. The van der Waals surface area contributed by atoms with Crippen molar-refractivity contribution in [1.29, 1.82) is 0 Å². The molecule has 0 bridgehead atoms. The van der Waals surface area contributed by atoms with Crippen LogP contribution in [0, 0.1) is 0 Å². The third kappa shape index (κ3) is 146. The van der Waals surface area contributed by atoms with Crippen LogP contribution in [0.1, 0.15) is 8.85 Å². The van der Waals surface area contributed by atoms with Crippen LogP contribution < -0.4 is 183 Å². The van der Waals surface area contributed by atoms with Crippen LogP contribution in [-0.2, 0) is 9.68 Å². The molecular formula is C2H10Na6O7. The fraction of sp³-hybridized carbons (Fsp3) is 0.500. The van der Waals surface area contributed by atoms with Crippen molar-refractivity contribution in [2.75, 3.05) is 0 Å². The number of hydrogen-bond donors (Lipinski definition) is 0. The van der Waals surface area contributed by atoms with E-state index in [2.05, 4.69) is 4.89 Å². The van der Waals surface area contributed by atoms with Crippen molar-refractivity contribution in [2.45, 2.75) is 7.43 Å². The molecule has 0 unspecified atom stereocenters. The van der Waals surface area contributed by atoms with Crippen molar-refractivity contribution in [2.24, 2.45) is 0 Å². The molecule has 0 spiro atoms. The Morgan fingerprint density at radius 3 is 0.867 bits per heavy atom. The quantitative estimate of drug-likeness (QED) is 0.199. The minimum atomic E-state index is -0.181. The van der Waals surface area contributed by atoms with Gasteiger partial charge in [-0.3, -0.25) is 4.79 Å². The number of rotatable bonds is 1. The molecule has 0 fully saturated rings. The maximum absolute atomic E-state index is 8.64. The van der Waals surface area contributed by atoms with Crippen LogP contribution >= 0.6 is 0 Å². The predicted molar refractivity (Wildman–Crippen MR) is 22.7 cm³/mol. The molecule has 0 rings (SSSR count). The Morgan fingerprint density at radius 2 is 0.867 bits per heavy atom. The Balaban J connectivity index is -0.000000000682. The molecule has 7 nitrogen and oxygen atoms in total. The van der Waals surface area contributed by atoms with Crippen LogP contribution in [0.25, 0.3) is 0 Å². The number of carbonyl (C=O) groups excluding carboxylic acids is 1. The number of hydrogen-bond acceptors (Lipinski definition) is 7. The SMILES string of the molecule is C.O=CO[O-].[H-].[Na+].[Na+].[Na+].[Na+].[Na+].[Na+].[OH-].[OH-].[OH-].[OH-]. The summed E-state index contributed by atoms with van der Waals surface area (Å²) in [5.41, 5.74) is 0. The molecule has 0 heterocycles. The van der Waals surface area contributed by atoms with Gasteiger partial charge in [0.15, 0.2) is 0 Å². The molecule has 15 heavy (non-hydrogen) atoms. The van der Waals surface area contributed by atoms with Crippen molar-refractivity contribution in [3.8, 4) is 0 Å². The third-order valence-corrected chi connectivity index (χ3v) is 0.0393. The van der Waals surface area contributed by atoms with Crippen LogP contribution in [-0.4, -0.2) is 28.4 Å². The molecule has 0 aliphatic heterocycles. The monoisotopic (exact) mass is 284 g/mol. The summed E-state index contributed by atoms with van der Waals surface area (Å²) >= 11 is 0.